The van der Waals surface area contributed by atoms with Crippen molar-refractivity contribution in [2.75, 3.05) is 0 Å². The van der Waals surface area contributed by atoms with E-state index in [0.29, 0.717) is 4.31 Å². The van der Waals surface area contributed by atoms with E-state index in [-0.39, 0.29) is 23.3 Å². The quantitative estimate of drug-likeness (QED) is 0.713. The van der Waals surface area contributed by atoms with Gasteiger partial charge in [-0.25, -0.2) is 12.7 Å². The maximum atomic E-state index is 12.3. The number of nitrogens with one attached hydrogen (secondary N) is 1. The van der Waals surface area contributed by atoms with Crippen LogP contribution in [0.4, 0.5) is 0 Å². The first-order chi connectivity index (χ1) is 9.34. The van der Waals surface area contributed by atoms with Crippen LogP contribution in [0.2, 0.25) is 0 Å². The van der Waals surface area contributed by atoms with Crippen molar-refractivity contribution in [3.63, 3.8) is 0 Å². The Morgan fingerprint density at radius 3 is 2.30 bits per heavy atom. The van der Waals surface area contributed by atoms with Gasteiger partial charge in [-0.1, -0.05) is 19.2 Å². The summed E-state index contributed by atoms with van der Waals surface area (Å²) in [6, 6.07) is -1.22. The summed E-state index contributed by atoms with van der Waals surface area (Å²) in [5, 5.41) is 2.02. The third kappa shape index (κ3) is 1.88. The number of carbonyl (C=O) groups excluding carboxylic acids is 3. The summed E-state index contributed by atoms with van der Waals surface area (Å²) in [5.74, 6) is -2.12. The molecular weight excluding hydrogens is 284 g/mol. The first-order valence-electron chi connectivity index (χ1n) is 5.76. The lowest BCUT2D eigenvalue weighted by Crippen LogP contribution is -2.54. The molecule has 7 nitrogen and oxygen atoms in total. The fraction of sp³-hybridized carbons (Fsp3) is 0.250. The van der Waals surface area contributed by atoms with Crippen LogP contribution in [-0.4, -0.2) is 36.5 Å². The van der Waals surface area contributed by atoms with Crippen LogP contribution in [-0.2, 0) is 24.4 Å². The predicted molar refractivity (Wildman–Crippen MR) is 69.4 cm³/mol. The molecule has 1 saturated heterocycles. The fourth-order valence-electron chi connectivity index (χ4n) is 2.20. The number of nitrogens with zero attached hydrogens (tertiary/aromatic N) is 1. The summed E-state index contributed by atoms with van der Waals surface area (Å²) in [4.78, 5) is 34.7. The van der Waals surface area contributed by atoms with Gasteiger partial charge in [0.15, 0.2) is 0 Å². The van der Waals surface area contributed by atoms with Gasteiger partial charge in [-0.3, -0.25) is 19.7 Å². The Labute approximate surface area is 115 Å². The van der Waals surface area contributed by atoms with Crippen molar-refractivity contribution in [2.24, 2.45) is 0 Å². The molecule has 2 aliphatic heterocycles. The summed E-state index contributed by atoms with van der Waals surface area (Å²) in [7, 11) is -4.14. The van der Waals surface area contributed by atoms with Gasteiger partial charge in [-0.05, 0) is 12.5 Å². The molecule has 0 aromatic rings. The van der Waals surface area contributed by atoms with Gasteiger partial charge < -0.3 is 0 Å². The molecule has 8 heteroatoms. The highest BCUT2D eigenvalue weighted by Crippen LogP contribution is 2.33. The van der Waals surface area contributed by atoms with E-state index in [4.69, 9.17) is 0 Å². The van der Waals surface area contributed by atoms with E-state index < -0.39 is 33.8 Å². The number of hydrogen-bond donors (Lipinski definition) is 1. The third-order valence-corrected chi connectivity index (χ3v) is 5.00. The van der Waals surface area contributed by atoms with E-state index in [0.717, 1.165) is 12.2 Å². The number of rotatable bonds is 3. The largest absolute Gasteiger partial charge is 0.295 e. The second kappa shape index (κ2) is 4.71. The molecule has 106 valence electrons. The van der Waals surface area contributed by atoms with Crippen molar-refractivity contribution in [2.45, 2.75) is 18.9 Å². The summed E-state index contributed by atoms with van der Waals surface area (Å²) >= 11 is 0. The third-order valence-electron chi connectivity index (χ3n) is 3.12. The van der Waals surface area contributed by atoms with E-state index in [1.807, 2.05) is 5.32 Å². The van der Waals surface area contributed by atoms with E-state index in [1.165, 1.54) is 0 Å². The highest BCUT2D eigenvalue weighted by Gasteiger charge is 2.48. The standard InChI is InChI=1S/C12H12N2O5S/c1-3-7-9(4-2)20(18,19)14(12(7)17)8-5-6-10(15)13-11(8)16/h3-4,8H,1-2,5-6H2,(H,13,15,16). The first-order valence-corrected chi connectivity index (χ1v) is 7.20. The van der Waals surface area contributed by atoms with E-state index >= 15 is 0 Å². The number of carbonyl (C=O) groups is 3. The van der Waals surface area contributed by atoms with Crippen molar-refractivity contribution >= 4 is 27.7 Å². The average molecular weight is 296 g/mol. The van der Waals surface area contributed by atoms with Crippen molar-refractivity contribution in [1.82, 2.24) is 9.62 Å². The van der Waals surface area contributed by atoms with Crippen LogP contribution in [0.15, 0.2) is 35.8 Å². The Kier molecular flexibility index (Phi) is 3.34. The van der Waals surface area contributed by atoms with Gasteiger partial charge in [0, 0.05) is 6.42 Å². The fourth-order valence-corrected chi connectivity index (χ4v) is 3.92. The van der Waals surface area contributed by atoms with Crippen LogP contribution < -0.4 is 5.32 Å². The Bertz CT molecular complexity index is 674. The minimum absolute atomic E-state index is 0.0252. The Morgan fingerprint density at radius 2 is 1.85 bits per heavy atom. The minimum atomic E-state index is -4.14. The molecule has 0 spiro atoms. The van der Waals surface area contributed by atoms with Crippen molar-refractivity contribution in [1.29, 1.82) is 0 Å². The van der Waals surface area contributed by atoms with Gasteiger partial charge in [0.25, 0.3) is 21.8 Å². The molecule has 0 radical (unpaired) electrons. The topological polar surface area (TPSA) is 101 Å². The van der Waals surface area contributed by atoms with Crippen LogP contribution in [0.5, 0.6) is 0 Å². The lowest BCUT2D eigenvalue weighted by Gasteiger charge is -2.28. The van der Waals surface area contributed by atoms with Crippen LogP contribution >= 0.6 is 0 Å². The Morgan fingerprint density at radius 1 is 1.20 bits per heavy atom. The summed E-state index contributed by atoms with van der Waals surface area (Å²) < 4.78 is 25.1. The van der Waals surface area contributed by atoms with Gasteiger partial charge in [0.05, 0.1) is 10.5 Å². The van der Waals surface area contributed by atoms with Crippen molar-refractivity contribution in [3.05, 3.63) is 35.8 Å². The molecule has 1 N–H and O–H groups in total. The van der Waals surface area contributed by atoms with E-state index in [9.17, 15) is 22.8 Å². The van der Waals surface area contributed by atoms with Gasteiger partial charge >= 0.3 is 0 Å². The number of allylic oxidation sites excluding steroid dienone is 1. The second-order valence-corrected chi connectivity index (χ2v) is 6.04. The van der Waals surface area contributed by atoms with E-state index in [2.05, 4.69) is 13.2 Å². The second-order valence-electron chi connectivity index (χ2n) is 4.26. The predicted octanol–water partition coefficient (Wildman–Crippen LogP) is -0.410. The van der Waals surface area contributed by atoms with Crippen LogP contribution in [0.3, 0.4) is 0 Å². The Hall–Kier alpha value is -2.22. The van der Waals surface area contributed by atoms with Gasteiger partial charge in [-0.15, -0.1) is 0 Å². The van der Waals surface area contributed by atoms with Gasteiger partial charge in [0.1, 0.15) is 6.04 Å². The number of imide groups is 1. The SMILES string of the molecule is C=CC1=C(C=C)S(=O)(=O)N(C2CCC(=O)NC2=O)C1=O. The molecule has 0 saturated carbocycles. The first kappa shape index (κ1) is 14.2. The molecule has 2 aliphatic rings. The smallest absolute Gasteiger partial charge is 0.269 e. The Balaban J connectivity index is 2.48. The molecule has 1 fully saturated rings. The van der Waals surface area contributed by atoms with Crippen LogP contribution in [0, 0.1) is 0 Å². The lowest BCUT2D eigenvalue weighted by atomic mass is 10.1. The maximum absolute atomic E-state index is 12.3. The molecule has 0 bridgehead atoms. The summed E-state index contributed by atoms with van der Waals surface area (Å²) in [6.07, 6.45) is 2.09. The molecule has 3 amide bonds. The van der Waals surface area contributed by atoms with Crippen LogP contribution in [0.25, 0.3) is 0 Å². The summed E-state index contributed by atoms with van der Waals surface area (Å²) in [5.41, 5.74) is -0.121. The zero-order valence-corrected chi connectivity index (χ0v) is 11.3. The van der Waals surface area contributed by atoms with Gasteiger partial charge in [0.2, 0.25) is 5.91 Å². The molecule has 0 aliphatic carbocycles. The molecule has 20 heavy (non-hydrogen) atoms. The highest BCUT2D eigenvalue weighted by atomic mass is 32.2. The number of piperidine rings is 1. The zero-order valence-electron chi connectivity index (χ0n) is 10.5. The lowest BCUT2D eigenvalue weighted by molar-refractivity contribution is -0.140. The molecule has 0 aromatic heterocycles. The monoisotopic (exact) mass is 296 g/mol. The maximum Gasteiger partial charge on any atom is 0.269 e. The van der Waals surface area contributed by atoms with E-state index in [1.54, 1.807) is 0 Å². The van der Waals surface area contributed by atoms with Crippen molar-refractivity contribution in [3.8, 4) is 0 Å². The number of sulfonamides is 1. The van der Waals surface area contributed by atoms with Crippen molar-refractivity contribution < 1.29 is 22.8 Å². The number of amides is 3. The molecule has 1 atom stereocenters. The minimum Gasteiger partial charge on any atom is -0.295 e. The average Bonchev–Trinajstić information content (AvgIpc) is 2.56. The number of hydrogen-bond acceptors (Lipinski definition) is 5. The molecule has 0 aromatic carbocycles. The molecule has 2 heterocycles. The molecular formula is C12H12N2O5S. The summed E-state index contributed by atoms with van der Waals surface area (Å²) in [6.45, 7) is 6.76. The molecule has 1 unspecified atom stereocenters. The van der Waals surface area contributed by atoms with Gasteiger partial charge in [-0.2, -0.15) is 0 Å². The zero-order chi connectivity index (χ0) is 15.1. The molecule has 2 rings (SSSR count). The highest BCUT2D eigenvalue weighted by molar-refractivity contribution is 7.94. The van der Waals surface area contributed by atoms with Crippen LogP contribution in [0.1, 0.15) is 12.8 Å². The normalized spacial score (nSPS) is 25.7.